The summed E-state index contributed by atoms with van der Waals surface area (Å²) in [6, 6.07) is 11.7. The van der Waals surface area contributed by atoms with Crippen molar-refractivity contribution in [1.82, 2.24) is 9.21 Å². The normalized spacial score (nSPS) is 19.0. The van der Waals surface area contributed by atoms with E-state index in [9.17, 15) is 18.0 Å². The molecule has 2 aliphatic rings. The van der Waals surface area contributed by atoms with Crippen LogP contribution in [-0.2, 0) is 26.0 Å². The summed E-state index contributed by atoms with van der Waals surface area (Å²) in [4.78, 5) is 26.2. The molecule has 2 amide bonds. The Labute approximate surface area is 187 Å². The number of hydrogen-bond donors (Lipinski definition) is 1. The van der Waals surface area contributed by atoms with Crippen LogP contribution in [0.4, 0.5) is 5.69 Å². The molecule has 32 heavy (non-hydrogen) atoms. The van der Waals surface area contributed by atoms with Crippen LogP contribution >= 0.6 is 0 Å². The molecule has 1 atom stereocenters. The number of fused-ring (bicyclic) bond motifs is 1. The average molecular weight is 460 g/mol. The fraction of sp³-hybridized carbons (Fsp3) is 0.364. The van der Waals surface area contributed by atoms with Gasteiger partial charge in [-0.05, 0) is 42.8 Å². The average Bonchev–Trinajstić information content (AvgIpc) is 2.80. The van der Waals surface area contributed by atoms with Crippen LogP contribution in [0, 0.1) is 0 Å². The molecule has 0 saturated carbocycles. The van der Waals surface area contributed by atoms with Gasteiger partial charge in [-0.25, -0.2) is 8.42 Å². The molecule has 2 aromatic carbocycles. The number of benzene rings is 2. The molecule has 0 bridgehead atoms. The van der Waals surface area contributed by atoms with Gasteiger partial charge in [0.2, 0.25) is 15.9 Å². The van der Waals surface area contributed by atoms with E-state index in [1.807, 2.05) is 12.1 Å². The Kier molecular flexibility index (Phi) is 6.07. The van der Waals surface area contributed by atoms with E-state index in [1.165, 1.54) is 16.4 Å². The van der Waals surface area contributed by atoms with E-state index in [4.69, 9.17) is 9.47 Å². The second-order valence-electron chi connectivity index (χ2n) is 7.72. The molecule has 1 saturated heterocycles. The maximum atomic E-state index is 13.1. The summed E-state index contributed by atoms with van der Waals surface area (Å²) in [6.45, 7) is 2.66. The number of carbonyl (C=O) groups is 2. The van der Waals surface area contributed by atoms with Crippen molar-refractivity contribution in [2.45, 2.75) is 24.3 Å². The Bertz CT molecular complexity index is 1120. The Morgan fingerprint density at radius 2 is 1.81 bits per heavy atom. The lowest BCUT2D eigenvalue weighted by Crippen LogP contribution is -2.50. The summed E-state index contributed by atoms with van der Waals surface area (Å²) in [7, 11) is -2.18. The number of methoxy groups -OCH3 is 1. The minimum absolute atomic E-state index is 0.0463. The number of carbonyl (C=O) groups excluding carboxylic acids is 2. The largest absolute Gasteiger partial charge is 0.497 e. The standard InChI is InChI=1S/C22H25N3O6S/c1-15-22(27)23-19-14-18(7-8-20(19)31-15)32(28,29)25-11-9-24(10-12-25)21(26)13-16-3-5-17(30-2)6-4-16/h3-8,14-15H,9-13H2,1-2H3,(H,23,27)/t15-/m1/s1. The van der Waals surface area contributed by atoms with E-state index in [-0.39, 0.29) is 36.2 Å². The molecule has 0 spiro atoms. The molecule has 1 N–H and O–H groups in total. The lowest BCUT2D eigenvalue weighted by Gasteiger charge is -2.34. The second kappa shape index (κ2) is 8.79. The molecular weight excluding hydrogens is 434 g/mol. The van der Waals surface area contributed by atoms with Gasteiger partial charge in [-0.2, -0.15) is 4.31 Å². The summed E-state index contributed by atoms with van der Waals surface area (Å²) in [5, 5.41) is 2.67. The maximum absolute atomic E-state index is 13.1. The van der Waals surface area contributed by atoms with Crippen LogP contribution in [0.25, 0.3) is 0 Å². The van der Waals surface area contributed by atoms with E-state index in [1.54, 1.807) is 37.1 Å². The Morgan fingerprint density at radius 3 is 2.47 bits per heavy atom. The van der Waals surface area contributed by atoms with Gasteiger partial charge in [0.15, 0.2) is 6.10 Å². The highest BCUT2D eigenvalue weighted by Crippen LogP contribution is 2.33. The molecule has 2 heterocycles. The van der Waals surface area contributed by atoms with Gasteiger partial charge in [0.05, 0.1) is 24.1 Å². The number of amides is 2. The van der Waals surface area contributed by atoms with Crippen molar-refractivity contribution in [3.63, 3.8) is 0 Å². The minimum atomic E-state index is -3.77. The smallest absolute Gasteiger partial charge is 0.265 e. The third kappa shape index (κ3) is 4.42. The van der Waals surface area contributed by atoms with Crippen LogP contribution < -0.4 is 14.8 Å². The highest BCUT2D eigenvalue weighted by atomic mass is 32.2. The summed E-state index contributed by atoms with van der Waals surface area (Å²) < 4.78 is 38.2. The number of nitrogens with one attached hydrogen (secondary N) is 1. The first-order chi connectivity index (χ1) is 15.3. The topological polar surface area (TPSA) is 105 Å². The zero-order chi connectivity index (χ0) is 22.9. The molecule has 0 aliphatic carbocycles. The van der Waals surface area contributed by atoms with Crippen molar-refractivity contribution < 1.29 is 27.5 Å². The van der Waals surface area contributed by atoms with E-state index in [0.717, 1.165) is 11.3 Å². The molecule has 4 rings (SSSR count). The number of piperazine rings is 1. The molecule has 2 aromatic rings. The summed E-state index contributed by atoms with van der Waals surface area (Å²) in [5.41, 5.74) is 1.21. The summed E-state index contributed by atoms with van der Waals surface area (Å²) in [5.74, 6) is 0.791. The minimum Gasteiger partial charge on any atom is -0.497 e. The van der Waals surface area contributed by atoms with Gasteiger partial charge in [-0.3, -0.25) is 9.59 Å². The maximum Gasteiger partial charge on any atom is 0.265 e. The Hall–Kier alpha value is -3.11. The fourth-order valence-corrected chi connectivity index (χ4v) is 5.15. The van der Waals surface area contributed by atoms with Crippen molar-refractivity contribution in [2.75, 3.05) is 38.6 Å². The van der Waals surface area contributed by atoms with Crippen LogP contribution in [-0.4, -0.2) is 68.8 Å². The lowest BCUT2D eigenvalue weighted by molar-refractivity contribution is -0.131. The molecule has 0 radical (unpaired) electrons. The first kappa shape index (κ1) is 22.1. The Morgan fingerprint density at radius 1 is 1.12 bits per heavy atom. The van der Waals surface area contributed by atoms with Crippen LogP contribution in [0.3, 0.4) is 0 Å². The first-order valence-corrected chi connectivity index (χ1v) is 11.7. The first-order valence-electron chi connectivity index (χ1n) is 10.3. The van der Waals surface area contributed by atoms with Gasteiger partial charge in [0, 0.05) is 26.2 Å². The zero-order valence-corrected chi connectivity index (χ0v) is 18.7. The van der Waals surface area contributed by atoms with Crippen LogP contribution in [0.1, 0.15) is 12.5 Å². The third-order valence-electron chi connectivity index (χ3n) is 5.63. The van der Waals surface area contributed by atoms with Gasteiger partial charge < -0.3 is 19.7 Å². The van der Waals surface area contributed by atoms with E-state index in [2.05, 4.69) is 5.32 Å². The predicted octanol–water partition coefficient (Wildman–Crippen LogP) is 1.49. The predicted molar refractivity (Wildman–Crippen MR) is 117 cm³/mol. The zero-order valence-electron chi connectivity index (χ0n) is 17.9. The lowest BCUT2D eigenvalue weighted by atomic mass is 10.1. The number of rotatable bonds is 5. The Balaban J connectivity index is 1.39. The molecule has 170 valence electrons. The van der Waals surface area contributed by atoms with E-state index < -0.39 is 16.1 Å². The number of sulfonamides is 1. The van der Waals surface area contributed by atoms with Gasteiger partial charge in [-0.15, -0.1) is 0 Å². The SMILES string of the molecule is COc1ccc(CC(=O)N2CCN(S(=O)(=O)c3ccc4c(c3)NC(=O)[C@@H](C)O4)CC2)cc1. The van der Waals surface area contributed by atoms with E-state index >= 15 is 0 Å². The monoisotopic (exact) mass is 459 g/mol. The van der Waals surface area contributed by atoms with Crippen molar-refractivity contribution in [3.05, 3.63) is 48.0 Å². The third-order valence-corrected chi connectivity index (χ3v) is 7.52. The van der Waals surface area contributed by atoms with E-state index in [0.29, 0.717) is 24.5 Å². The van der Waals surface area contributed by atoms with Crippen molar-refractivity contribution in [1.29, 1.82) is 0 Å². The molecule has 9 nitrogen and oxygen atoms in total. The molecular formula is C22H25N3O6S. The number of hydrogen-bond acceptors (Lipinski definition) is 6. The van der Waals surface area contributed by atoms with Crippen LogP contribution in [0.2, 0.25) is 0 Å². The van der Waals surface area contributed by atoms with Crippen molar-refractivity contribution in [3.8, 4) is 11.5 Å². The second-order valence-corrected chi connectivity index (χ2v) is 9.65. The van der Waals surface area contributed by atoms with Crippen LogP contribution in [0.5, 0.6) is 11.5 Å². The number of anilines is 1. The molecule has 10 heteroatoms. The molecule has 2 aliphatic heterocycles. The van der Waals surface area contributed by atoms with Crippen molar-refractivity contribution in [2.24, 2.45) is 0 Å². The highest BCUT2D eigenvalue weighted by molar-refractivity contribution is 7.89. The molecule has 0 unspecified atom stereocenters. The molecule has 1 fully saturated rings. The van der Waals surface area contributed by atoms with Crippen LogP contribution in [0.15, 0.2) is 47.4 Å². The molecule has 0 aromatic heterocycles. The van der Waals surface area contributed by atoms with Gasteiger partial charge >= 0.3 is 0 Å². The number of ether oxygens (including phenoxy) is 2. The quantitative estimate of drug-likeness (QED) is 0.726. The van der Waals surface area contributed by atoms with Gasteiger partial charge in [-0.1, -0.05) is 12.1 Å². The number of nitrogens with zero attached hydrogens (tertiary/aromatic N) is 2. The highest BCUT2D eigenvalue weighted by Gasteiger charge is 2.32. The van der Waals surface area contributed by atoms with Gasteiger partial charge in [0.1, 0.15) is 11.5 Å². The van der Waals surface area contributed by atoms with Crippen molar-refractivity contribution >= 4 is 27.5 Å². The summed E-state index contributed by atoms with van der Waals surface area (Å²) >= 11 is 0. The van der Waals surface area contributed by atoms with Gasteiger partial charge in [0.25, 0.3) is 5.91 Å². The fourth-order valence-electron chi connectivity index (χ4n) is 3.71. The summed E-state index contributed by atoms with van der Waals surface area (Å²) in [6.07, 6.45) is -0.381.